The number of aromatic amines is 1. The van der Waals surface area contributed by atoms with Crippen molar-refractivity contribution in [1.82, 2.24) is 4.98 Å². The Bertz CT molecular complexity index is 965. The monoisotopic (exact) mass is 356 g/mol. The first-order chi connectivity index (χ1) is 12.1. The Morgan fingerprint density at radius 3 is 2.80 bits per heavy atom. The Labute approximate surface area is 147 Å². The number of hydrogen-bond donors (Lipinski definition) is 2. The lowest BCUT2D eigenvalue weighted by molar-refractivity contribution is -0.122. The molecule has 1 amide bonds. The van der Waals surface area contributed by atoms with Crippen LogP contribution in [0.2, 0.25) is 5.02 Å². The summed E-state index contributed by atoms with van der Waals surface area (Å²) >= 11 is 5.96. The van der Waals surface area contributed by atoms with Crippen LogP contribution in [-0.4, -0.2) is 28.8 Å². The van der Waals surface area contributed by atoms with Crippen molar-refractivity contribution in [3.8, 4) is 5.88 Å². The Balaban J connectivity index is 1.60. The molecule has 25 heavy (non-hydrogen) atoms. The second-order valence-corrected chi connectivity index (χ2v) is 5.40. The largest absolute Gasteiger partial charge is 0.493 e. The number of nitrogens with one attached hydrogen (secondary N) is 1. The highest BCUT2D eigenvalue weighted by atomic mass is 35.5. The third kappa shape index (κ3) is 4.02. The normalized spacial score (nSPS) is 11.6. The number of halogens is 1. The zero-order valence-corrected chi connectivity index (χ0v) is 13.6. The summed E-state index contributed by atoms with van der Waals surface area (Å²) in [5, 5.41) is 22.0. The topological polar surface area (TPSA) is 99.4 Å². The molecule has 3 rings (SSSR count). The molecule has 0 aliphatic heterocycles. The summed E-state index contributed by atoms with van der Waals surface area (Å²) in [6, 6.07) is 14.2. The average molecular weight is 357 g/mol. The van der Waals surface area contributed by atoms with Gasteiger partial charge in [0.15, 0.2) is 12.3 Å². The maximum atomic E-state index is 11.7. The van der Waals surface area contributed by atoms with Gasteiger partial charge in [0.2, 0.25) is 5.88 Å². The summed E-state index contributed by atoms with van der Waals surface area (Å²) in [5.41, 5.74) is 1.56. The number of nitrogens with zero attached hydrogens (tertiary/aromatic N) is 3. The molecule has 0 saturated heterocycles. The molecular weight excluding hydrogens is 344 g/mol. The molecule has 1 heterocycles. The first-order valence-corrected chi connectivity index (χ1v) is 7.67. The van der Waals surface area contributed by atoms with Gasteiger partial charge in [-0.3, -0.25) is 4.79 Å². The van der Waals surface area contributed by atoms with E-state index in [4.69, 9.17) is 16.4 Å². The van der Waals surface area contributed by atoms with Crippen molar-refractivity contribution in [2.45, 2.75) is 0 Å². The number of benzene rings is 2. The van der Waals surface area contributed by atoms with Gasteiger partial charge in [0.25, 0.3) is 0 Å². The Kier molecular flexibility index (Phi) is 5.06. The summed E-state index contributed by atoms with van der Waals surface area (Å²) in [5.74, 6) is -0.795. The van der Waals surface area contributed by atoms with Crippen molar-refractivity contribution in [1.29, 1.82) is 0 Å². The fraction of sp³-hybridized carbons (Fsp3) is 0.0588. The van der Waals surface area contributed by atoms with Crippen LogP contribution in [0.25, 0.3) is 10.9 Å². The summed E-state index contributed by atoms with van der Waals surface area (Å²) in [4.78, 5) is 19.3. The maximum absolute atomic E-state index is 11.7. The molecule has 1 aromatic heterocycles. The minimum absolute atomic E-state index is 0.157. The third-order valence-electron chi connectivity index (χ3n) is 3.28. The molecule has 0 atom stereocenters. The molecule has 0 saturated carbocycles. The predicted molar refractivity (Wildman–Crippen MR) is 94.5 cm³/mol. The van der Waals surface area contributed by atoms with Crippen LogP contribution < -0.4 is 0 Å². The number of aromatic nitrogens is 1. The number of para-hydroxylation sites is 1. The number of carbonyl (C=O) groups excluding carboxylic acids is 1. The molecule has 0 fully saturated rings. The molecule has 126 valence electrons. The van der Waals surface area contributed by atoms with E-state index < -0.39 is 5.91 Å². The zero-order valence-electron chi connectivity index (χ0n) is 12.9. The minimum atomic E-state index is -0.638. The van der Waals surface area contributed by atoms with E-state index in [9.17, 15) is 9.90 Å². The SMILES string of the molecule is O=C(CO/N=C\c1ccccc1Cl)N=Nc1c(O)[nH]c2ccccc12. The van der Waals surface area contributed by atoms with Crippen LogP contribution in [0, 0.1) is 0 Å². The van der Waals surface area contributed by atoms with Gasteiger partial charge in [-0.05, 0) is 12.1 Å². The van der Waals surface area contributed by atoms with Crippen LogP contribution >= 0.6 is 11.6 Å². The number of hydrogen-bond acceptors (Lipinski definition) is 5. The van der Waals surface area contributed by atoms with Crippen LogP contribution in [0.5, 0.6) is 5.88 Å². The standard InChI is InChI=1S/C17H13ClN4O3/c18-13-7-3-1-5-11(13)9-19-25-10-15(23)21-22-16-12-6-2-4-8-14(12)20-17(16)24/h1-9,20,24H,10H2/b19-9-,22-21?. The number of rotatable bonds is 5. The number of carbonyl (C=O) groups is 1. The van der Waals surface area contributed by atoms with Gasteiger partial charge in [0.05, 0.1) is 11.7 Å². The van der Waals surface area contributed by atoms with E-state index in [0.29, 0.717) is 21.5 Å². The summed E-state index contributed by atoms with van der Waals surface area (Å²) in [6.07, 6.45) is 1.40. The average Bonchev–Trinajstić information content (AvgIpc) is 2.93. The zero-order chi connectivity index (χ0) is 17.6. The van der Waals surface area contributed by atoms with Crippen molar-refractivity contribution in [2.75, 3.05) is 6.61 Å². The number of azo groups is 1. The van der Waals surface area contributed by atoms with Gasteiger partial charge in [-0.15, -0.1) is 10.2 Å². The van der Waals surface area contributed by atoms with Crippen molar-refractivity contribution < 1.29 is 14.7 Å². The summed E-state index contributed by atoms with van der Waals surface area (Å²) in [7, 11) is 0. The van der Waals surface area contributed by atoms with E-state index in [1.807, 2.05) is 6.07 Å². The third-order valence-corrected chi connectivity index (χ3v) is 3.62. The molecule has 0 radical (unpaired) electrons. The maximum Gasteiger partial charge on any atom is 0.304 e. The van der Waals surface area contributed by atoms with Gasteiger partial charge in [-0.1, -0.05) is 53.2 Å². The fourth-order valence-corrected chi connectivity index (χ4v) is 2.30. The first kappa shape index (κ1) is 16.7. The molecule has 0 unspecified atom stereocenters. The lowest BCUT2D eigenvalue weighted by Crippen LogP contribution is -2.01. The highest BCUT2D eigenvalue weighted by Crippen LogP contribution is 2.35. The molecule has 7 nitrogen and oxygen atoms in total. The van der Waals surface area contributed by atoms with E-state index >= 15 is 0 Å². The molecular formula is C17H13ClN4O3. The van der Waals surface area contributed by atoms with Gasteiger partial charge < -0.3 is 14.9 Å². The van der Waals surface area contributed by atoms with Gasteiger partial charge in [-0.25, -0.2) is 0 Å². The quantitative estimate of drug-likeness (QED) is 0.407. The van der Waals surface area contributed by atoms with Gasteiger partial charge >= 0.3 is 5.91 Å². The molecule has 8 heteroatoms. The van der Waals surface area contributed by atoms with E-state index in [1.54, 1.807) is 42.5 Å². The van der Waals surface area contributed by atoms with Crippen molar-refractivity contribution in [3.63, 3.8) is 0 Å². The number of amides is 1. The first-order valence-electron chi connectivity index (χ1n) is 7.29. The molecule has 3 aromatic rings. The number of oxime groups is 1. The Morgan fingerprint density at radius 1 is 1.20 bits per heavy atom. The van der Waals surface area contributed by atoms with Gasteiger partial charge in [0, 0.05) is 16.0 Å². The second-order valence-electron chi connectivity index (χ2n) is 4.99. The van der Waals surface area contributed by atoms with Crippen LogP contribution in [0.1, 0.15) is 5.56 Å². The smallest absolute Gasteiger partial charge is 0.304 e. The molecule has 0 aliphatic rings. The van der Waals surface area contributed by atoms with E-state index in [1.165, 1.54) is 6.21 Å². The van der Waals surface area contributed by atoms with Crippen molar-refractivity contribution in [2.24, 2.45) is 15.4 Å². The summed E-state index contributed by atoms with van der Waals surface area (Å²) in [6.45, 7) is -0.381. The van der Waals surface area contributed by atoms with Crippen LogP contribution in [0.4, 0.5) is 5.69 Å². The molecule has 2 N–H and O–H groups in total. The highest BCUT2D eigenvalue weighted by molar-refractivity contribution is 6.33. The number of fused-ring (bicyclic) bond motifs is 1. The van der Waals surface area contributed by atoms with Crippen LogP contribution in [-0.2, 0) is 9.63 Å². The van der Waals surface area contributed by atoms with Crippen LogP contribution in [0.15, 0.2) is 63.9 Å². The number of aromatic hydroxyl groups is 1. The summed E-state index contributed by atoms with van der Waals surface area (Å²) < 4.78 is 0. The predicted octanol–water partition coefficient (Wildman–Crippen LogP) is 4.19. The Hall–Kier alpha value is -3.19. The highest BCUT2D eigenvalue weighted by Gasteiger charge is 2.10. The molecule has 0 bridgehead atoms. The molecule has 2 aromatic carbocycles. The van der Waals surface area contributed by atoms with E-state index in [-0.39, 0.29) is 18.2 Å². The molecule has 0 aliphatic carbocycles. The van der Waals surface area contributed by atoms with Gasteiger partial charge in [-0.2, -0.15) is 0 Å². The van der Waals surface area contributed by atoms with Crippen molar-refractivity contribution >= 4 is 40.3 Å². The van der Waals surface area contributed by atoms with Gasteiger partial charge in [0.1, 0.15) is 0 Å². The Morgan fingerprint density at radius 2 is 1.96 bits per heavy atom. The van der Waals surface area contributed by atoms with Crippen molar-refractivity contribution in [3.05, 3.63) is 59.1 Å². The molecule has 0 spiro atoms. The second kappa shape index (κ2) is 7.59. The van der Waals surface area contributed by atoms with E-state index in [2.05, 4.69) is 20.4 Å². The lowest BCUT2D eigenvalue weighted by Gasteiger charge is -1.96. The van der Waals surface area contributed by atoms with Crippen LogP contribution in [0.3, 0.4) is 0 Å². The lowest BCUT2D eigenvalue weighted by atomic mass is 10.2. The fourth-order valence-electron chi connectivity index (χ4n) is 2.12. The van der Waals surface area contributed by atoms with E-state index in [0.717, 1.165) is 0 Å². The minimum Gasteiger partial charge on any atom is -0.493 e. The number of H-pyrrole nitrogens is 1.